The molecule has 1 aromatic carbocycles. The van der Waals surface area contributed by atoms with Crippen molar-refractivity contribution in [2.24, 2.45) is 5.73 Å². The number of amides is 1. The van der Waals surface area contributed by atoms with Crippen molar-refractivity contribution in [3.05, 3.63) is 29.6 Å². The number of nitrogens with one attached hydrogen (secondary N) is 1. The van der Waals surface area contributed by atoms with E-state index in [0.29, 0.717) is 19.4 Å². The van der Waals surface area contributed by atoms with Crippen LogP contribution in [0.3, 0.4) is 0 Å². The summed E-state index contributed by atoms with van der Waals surface area (Å²) in [5.41, 5.74) is 5.52. The number of carbonyl (C=O) groups excluding carboxylic acids is 1. The van der Waals surface area contributed by atoms with Crippen molar-refractivity contribution in [3.8, 4) is 5.75 Å². The smallest absolute Gasteiger partial charge is 0.407 e. The minimum absolute atomic E-state index is 0.0160. The van der Waals surface area contributed by atoms with Gasteiger partial charge in [-0.15, -0.1) is 0 Å². The van der Waals surface area contributed by atoms with Crippen LogP contribution in [0.2, 0.25) is 0 Å². The molecule has 1 aliphatic heterocycles. The van der Waals surface area contributed by atoms with Crippen molar-refractivity contribution in [2.75, 3.05) is 6.54 Å². The molecule has 0 bridgehead atoms. The molecule has 0 aromatic heterocycles. The molecule has 3 N–H and O–H groups in total. The molecule has 1 aromatic rings. The number of ether oxygens (including phenoxy) is 1. The summed E-state index contributed by atoms with van der Waals surface area (Å²) in [5.74, 6) is -0.852. The van der Waals surface area contributed by atoms with Crippen molar-refractivity contribution < 1.29 is 18.3 Å². The molecular weight excluding hydrogens is 242 g/mol. The normalized spacial score (nSPS) is 23.0. The molecule has 1 saturated heterocycles. The van der Waals surface area contributed by atoms with Gasteiger partial charge in [-0.3, -0.25) is 0 Å². The van der Waals surface area contributed by atoms with Gasteiger partial charge in [0.1, 0.15) is 6.17 Å². The molecule has 2 atom stereocenters. The van der Waals surface area contributed by atoms with Crippen LogP contribution < -0.4 is 15.8 Å². The molecule has 0 radical (unpaired) electrons. The largest absolute Gasteiger partial charge is 0.410 e. The lowest BCUT2D eigenvalue weighted by Gasteiger charge is -2.10. The number of hydrogen-bond acceptors (Lipinski definition) is 3. The monoisotopic (exact) mass is 256 g/mol. The van der Waals surface area contributed by atoms with E-state index < -0.39 is 18.1 Å². The molecule has 0 saturated carbocycles. The van der Waals surface area contributed by atoms with Gasteiger partial charge in [0.15, 0.2) is 11.6 Å². The summed E-state index contributed by atoms with van der Waals surface area (Å²) in [6.45, 7) is 0.343. The molecule has 0 spiro atoms. The summed E-state index contributed by atoms with van der Waals surface area (Å²) in [6, 6.07) is 4.26. The number of nitrogens with two attached hydrogens (primary N) is 1. The van der Waals surface area contributed by atoms with Crippen LogP contribution in [0, 0.1) is 5.82 Å². The molecule has 18 heavy (non-hydrogen) atoms. The Bertz CT molecular complexity index is 454. The van der Waals surface area contributed by atoms with E-state index in [0.717, 1.165) is 5.56 Å². The van der Waals surface area contributed by atoms with Crippen molar-refractivity contribution in [1.29, 1.82) is 0 Å². The number of halogens is 2. The first kappa shape index (κ1) is 12.8. The third-order valence-electron chi connectivity index (χ3n) is 2.86. The maximum Gasteiger partial charge on any atom is 0.410 e. The van der Waals surface area contributed by atoms with E-state index >= 15 is 0 Å². The average Bonchev–Trinajstić information content (AvgIpc) is 2.68. The fraction of sp³-hybridized carbons (Fsp3) is 0.417. The van der Waals surface area contributed by atoms with Gasteiger partial charge in [0, 0.05) is 12.6 Å². The zero-order valence-electron chi connectivity index (χ0n) is 9.66. The predicted molar refractivity (Wildman–Crippen MR) is 61.6 cm³/mol. The predicted octanol–water partition coefficient (Wildman–Crippen LogP) is 1.53. The fourth-order valence-electron chi connectivity index (χ4n) is 2.07. The summed E-state index contributed by atoms with van der Waals surface area (Å²) >= 11 is 0. The zero-order valence-corrected chi connectivity index (χ0v) is 9.66. The number of benzene rings is 1. The molecule has 98 valence electrons. The highest BCUT2D eigenvalue weighted by Crippen LogP contribution is 2.21. The summed E-state index contributed by atoms with van der Waals surface area (Å²) < 4.78 is 31.0. The number of primary amides is 1. The second-order valence-electron chi connectivity index (χ2n) is 4.33. The van der Waals surface area contributed by atoms with Gasteiger partial charge in [0.05, 0.1) is 0 Å². The molecule has 4 nitrogen and oxygen atoms in total. The van der Waals surface area contributed by atoms with Crippen molar-refractivity contribution in [3.63, 3.8) is 0 Å². The van der Waals surface area contributed by atoms with E-state index in [1.54, 1.807) is 6.07 Å². The van der Waals surface area contributed by atoms with Crippen molar-refractivity contribution >= 4 is 6.09 Å². The summed E-state index contributed by atoms with van der Waals surface area (Å²) in [6.07, 6.45) is -0.924. The average molecular weight is 256 g/mol. The second kappa shape index (κ2) is 5.30. The van der Waals surface area contributed by atoms with E-state index in [2.05, 4.69) is 10.1 Å². The molecule has 1 aliphatic rings. The molecule has 0 unspecified atom stereocenters. The SMILES string of the molecule is NC(=O)Oc1ccc(C[C@@H]2C[C@H](F)CN2)cc1F. The maximum atomic E-state index is 13.5. The maximum absolute atomic E-state index is 13.5. The molecule has 1 amide bonds. The van der Waals surface area contributed by atoms with Crippen molar-refractivity contribution in [2.45, 2.75) is 25.1 Å². The molecule has 0 aliphatic carbocycles. The second-order valence-corrected chi connectivity index (χ2v) is 4.33. The summed E-state index contributed by atoms with van der Waals surface area (Å²) in [5, 5.41) is 3.02. The van der Waals surface area contributed by atoms with Crippen molar-refractivity contribution in [1.82, 2.24) is 5.32 Å². The lowest BCUT2D eigenvalue weighted by Crippen LogP contribution is -2.23. The number of alkyl halides is 1. The Balaban J connectivity index is 2.02. The van der Waals surface area contributed by atoms with Gasteiger partial charge in [0.2, 0.25) is 0 Å². The van der Waals surface area contributed by atoms with Gasteiger partial charge in [-0.1, -0.05) is 6.07 Å². The third kappa shape index (κ3) is 3.16. The zero-order chi connectivity index (χ0) is 13.1. The van der Waals surface area contributed by atoms with E-state index in [9.17, 15) is 13.6 Å². The van der Waals surface area contributed by atoms with Gasteiger partial charge >= 0.3 is 6.09 Å². The highest BCUT2D eigenvalue weighted by Gasteiger charge is 2.23. The number of rotatable bonds is 3. The quantitative estimate of drug-likeness (QED) is 0.862. The standard InChI is InChI=1S/C12H14F2N2O2/c13-8-5-9(16-6-8)3-7-1-2-11(10(14)4-7)18-12(15)17/h1-2,4,8-9,16H,3,5-6H2,(H2,15,17)/t8-,9+/m0/s1. The highest BCUT2D eigenvalue weighted by molar-refractivity contribution is 5.68. The van der Waals surface area contributed by atoms with E-state index in [-0.39, 0.29) is 11.8 Å². The Labute approximate surface area is 103 Å². The minimum atomic E-state index is -1.06. The van der Waals surface area contributed by atoms with E-state index in [4.69, 9.17) is 5.73 Å². The lowest BCUT2D eigenvalue weighted by molar-refractivity contribution is 0.208. The molecule has 6 heteroatoms. The molecule has 2 rings (SSSR count). The Morgan fingerprint density at radius 2 is 2.33 bits per heavy atom. The third-order valence-corrected chi connectivity index (χ3v) is 2.86. The van der Waals surface area contributed by atoms with Crippen LogP contribution in [0.1, 0.15) is 12.0 Å². The molecule has 1 fully saturated rings. The Morgan fingerprint density at radius 3 is 2.89 bits per heavy atom. The first-order valence-electron chi connectivity index (χ1n) is 5.68. The molecule has 1 heterocycles. The van der Waals surface area contributed by atoms with Crippen LogP contribution in [0.5, 0.6) is 5.75 Å². The van der Waals surface area contributed by atoms with Gasteiger partial charge < -0.3 is 15.8 Å². The Morgan fingerprint density at radius 1 is 1.56 bits per heavy atom. The minimum Gasteiger partial charge on any atom is -0.407 e. The lowest BCUT2D eigenvalue weighted by atomic mass is 10.0. The molecular formula is C12H14F2N2O2. The van der Waals surface area contributed by atoms with Gasteiger partial charge in [-0.25, -0.2) is 13.6 Å². The van der Waals surface area contributed by atoms with Gasteiger partial charge in [-0.05, 0) is 30.5 Å². The first-order valence-corrected chi connectivity index (χ1v) is 5.68. The Hall–Kier alpha value is -1.69. The fourth-order valence-corrected chi connectivity index (χ4v) is 2.07. The van der Waals surface area contributed by atoms with Crippen LogP contribution >= 0.6 is 0 Å². The number of hydrogen-bond donors (Lipinski definition) is 2. The van der Waals surface area contributed by atoms with Gasteiger partial charge in [-0.2, -0.15) is 0 Å². The highest BCUT2D eigenvalue weighted by atomic mass is 19.1. The summed E-state index contributed by atoms with van der Waals surface area (Å²) in [7, 11) is 0. The first-order chi connectivity index (χ1) is 8.54. The van der Waals surface area contributed by atoms with E-state index in [1.165, 1.54) is 12.1 Å². The van der Waals surface area contributed by atoms with Crippen LogP contribution in [0.15, 0.2) is 18.2 Å². The Kier molecular flexibility index (Phi) is 3.76. The number of carbonyl (C=O) groups is 1. The van der Waals surface area contributed by atoms with E-state index in [1.807, 2.05) is 0 Å². The van der Waals surface area contributed by atoms with Crippen LogP contribution in [-0.4, -0.2) is 24.9 Å². The van der Waals surface area contributed by atoms with Gasteiger partial charge in [0.25, 0.3) is 0 Å². The van der Waals surface area contributed by atoms with Crippen LogP contribution in [0.4, 0.5) is 13.6 Å². The van der Waals surface area contributed by atoms with Crippen LogP contribution in [0.25, 0.3) is 0 Å². The summed E-state index contributed by atoms with van der Waals surface area (Å²) in [4.78, 5) is 10.5. The topological polar surface area (TPSA) is 64.4 Å². The van der Waals surface area contributed by atoms with Crippen LogP contribution in [-0.2, 0) is 6.42 Å².